The maximum atomic E-state index is 14.2. The zero-order valence-corrected chi connectivity index (χ0v) is 35.1. The van der Waals surface area contributed by atoms with E-state index in [1.165, 1.54) is 52.6 Å². The number of aromatic amines is 2. The maximum Gasteiger partial charge on any atom is 0.295 e. The summed E-state index contributed by atoms with van der Waals surface area (Å²) in [6, 6.07) is 24.4. The van der Waals surface area contributed by atoms with Gasteiger partial charge >= 0.3 is 0 Å². The normalized spacial score (nSPS) is 13.3. The summed E-state index contributed by atoms with van der Waals surface area (Å²) in [6.45, 7) is 4.14. The molecule has 17 nitrogen and oxygen atoms in total. The number of methoxy groups -OCH3 is 1. The number of Topliss-reactive ketones (excluding diaryl/α,β-unsaturated/α-hetero) is 2. The second-order valence-corrected chi connectivity index (χ2v) is 15.5. The molecule has 0 saturated carbocycles. The van der Waals surface area contributed by atoms with Gasteiger partial charge in [-0.15, -0.1) is 0 Å². The SMILES string of the molecule is COc1cnc(-n2cnc(C)n2)c2[nH]cc(C(=O)C(=O)N3CCn4c(-c5ccccc5)cnc4C3)c12.O=C(C(=O)N1CCn2c(-c3ccccc3)cnc2C1)c1c[nH]c2cccc(F)c12. The molecule has 9 aromatic rings. The number of rotatable bonds is 8. The van der Waals surface area contributed by atoms with Crippen molar-refractivity contribution < 1.29 is 28.3 Å². The predicted octanol–water partition coefficient (Wildman–Crippen LogP) is 5.94. The number of carbonyl (C=O) groups is 4. The number of aromatic nitrogens is 10. The molecule has 0 unspecified atom stereocenters. The first-order chi connectivity index (χ1) is 31.7. The number of carbonyl (C=O) groups excluding carboxylic acids is 4. The molecule has 2 aliphatic rings. The highest BCUT2D eigenvalue weighted by Crippen LogP contribution is 2.33. The van der Waals surface area contributed by atoms with Gasteiger partial charge in [-0.3, -0.25) is 19.2 Å². The number of pyridine rings is 1. The number of fused-ring (bicyclic) bond motifs is 4. The van der Waals surface area contributed by atoms with E-state index in [-0.39, 0.29) is 29.6 Å². The van der Waals surface area contributed by atoms with Crippen LogP contribution in [0.5, 0.6) is 5.75 Å². The second kappa shape index (κ2) is 16.6. The Labute approximate surface area is 369 Å². The first-order valence-corrected chi connectivity index (χ1v) is 20.7. The fourth-order valence-electron chi connectivity index (χ4n) is 8.44. The number of imidazole rings is 2. The Hall–Kier alpha value is -8.54. The van der Waals surface area contributed by atoms with E-state index in [0.29, 0.717) is 60.0 Å². The van der Waals surface area contributed by atoms with Crippen LogP contribution in [0.3, 0.4) is 0 Å². The molecule has 65 heavy (non-hydrogen) atoms. The monoisotopic (exact) mass is 870 g/mol. The van der Waals surface area contributed by atoms with Crippen LogP contribution in [0.1, 0.15) is 38.2 Å². The van der Waals surface area contributed by atoms with Crippen LogP contribution in [0.15, 0.2) is 116 Å². The van der Waals surface area contributed by atoms with Crippen LogP contribution < -0.4 is 4.74 Å². The molecule has 8 heterocycles. The Morgan fingerprint density at radius 3 is 1.77 bits per heavy atom. The average Bonchev–Trinajstić information content (AvgIpc) is 4.21. The van der Waals surface area contributed by atoms with Gasteiger partial charge < -0.3 is 33.6 Å². The van der Waals surface area contributed by atoms with Crippen LogP contribution in [-0.4, -0.2) is 102 Å². The number of hydrogen-bond acceptors (Lipinski definition) is 10. The number of amides is 2. The van der Waals surface area contributed by atoms with Gasteiger partial charge in [-0.1, -0.05) is 66.7 Å². The number of halogens is 1. The zero-order valence-electron chi connectivity index (χ0n) is 35.1. The van der Waals surface area contributed by atoms with Gasteiger partial charge in [0.15, 0.2) is 5.82 Å². The summed E-state index contributed by atoms with van der Waals surface area (Å²) in [4.78, 5) is 78.9. The number of nitrogens with zero attached hydrogens (tertiary/aromatic N) is 10. The van der Waals surface area contributed by atoms with Crippen LogP contribution in [0.4, 0.5) is 4.39 Å². The summed E-state index contributed by atoms with van der Waals surface area (Å²) in [6.07, 6.45) is 9.55. The maximum absolute atomic E-state index is 14.2. The van der Waals surface area contributed by atoms with E-state index in [2.05, 4.69) is 44.1 Å². The van der Waals surface area contributed by atoms with E-state index in [4.69, 9.17) is 4.74 Å². The number of nitrogens with one attached hydrogen (secondary N) is 2. The van der Waals surface area contributed by atoms with Crippen molar-refractivity contribution in [3.8, 4) is 34.1 Å². The molecule has 6 aromatic heterocycles. The van der Waals surface area contributed by atoms with E-state index in [1.54, 1.807) is 25.3 Å². The number of H-pyrrole nitrogens is 2. The Balaban J connectivity index is 0.000000157. The molecule has 0 saturated heterocycles. The fraction of sp³-hybridized carbons (Fsp3) is 0.170. The Morgan fingerprint density at radius 1 is 0.646 bits per heavy atom. The summed E-state index contributed by atoms with van der Waals surface area (Å²) in [5.41, 5.74) is 5.38. The second-order valence-electron chi connectivity index (χ2n) is 15.5. The molecule has 18 heteroatoms. The predicted molar refractivity (Wildman–Crippen MR) is 235 cm³/mol. The molecule has 11 rings (SSSR count). The summed E-state index contributed by atoms with van der Waals surface area (Å²) in [5, 5.41) is 4.93. The third kappa shape index (κ3) is 7.29. The number of hydrogen-bond donors (Lipinski definition) is 2. The molecular formula is C47H39FN12O5. The van der Waals surface area contributed by atoms with Crippen molar-refractivity contribution in [2.45, 2.75) is 33.1 Å². The minimum atomic E-state index is -0.718. The van der Waals surface area contributed by atoms with Crippen molar-refractivity contribution >= 4 is 45.2 Å². The Bertz CT molecular complexity index is 3290. The molecule has 0 fully saturated rings. The summed E-state index contributed by atoms with van der Waals surface area (Å²) < 4.78 is 25.3. The highest BCUT2D eigenvalue weighted by molar-refractivity contribution is 6.45. The molecule has 324 valence electrons. The molecule has 2 amide bonds. The highest BCUT2D eigenvalue weighted by atomic mass is 19.1. The van der Waals surface area contributed by atoms with Gasteiger partial charge in [0.2, 0.25) is 0 Å². The molecule has 0 bridgehead atoms. The number of aryl methyl sites for hydroxylation is 1. The summed E-state index contributed by atoms with van der Waals surface area (Å²) >= 11 is 0. The lowest BCUT2D eigenvalue weighted by atomic mass is 10.1. The molecule has 2 N–H and O–H groups in total. The van der Waals surface area contributed by atoms with E-state index in [9.17, 15) is 23.6 Å². The van der Waals surface area contributed by atoms with Crippen molar-refractivity contribution in [3.05, 3.63) is 151 Å². The molecule has 3 aromatic carbocycles. The van der Waals surface area contributed by atoms with Crippen LogP contribution in [0.2, 0.25) is 0 Å². The lowest BCUT2D eigenvalue weighted by molar-refractivity contribution is -0.128. The lowest BCUT2D eigenvalue weighted by Gasteiger charge is -2.28. The van der Waals surface area contributed by atoms with Crippen molar-refractivity contribution in [2.75, 3.05) is 20.2 Å². The topological polar surface area (TPSA) is 195 Å². The highest BCUT2D eigenvalue weighted by Gasteiger charge is 2.33. The van der Waals surface area contributed by atoms with Crippen molar-refractivity contribution in [2.24, 2.45) is 0 Å². The average molecular weight is 871 g/mol. The van der Waals surface area contributed by atoms with Crippen LogP contribution in [-0.2, 0) is 35.8 Å². The van der Waals surface area contributed by atoms with Gasteiger partial charge in [-0.2, -0.15) is 5.10 Å². The Morgan fingerprint density at radius 2 is 1.22 bits per heavy atom. The minimum Gasteiger partial charge on any atom is -0.494 e. The van der Waals surface area contributed by atoms with Gasteiger partial charge in [0.1, 0.15) is 35.4 Å². The van der Waals surface area contributed by atoms with Crippen molar-refractivity contribution in [3.63, 3.8) is 0 Å². The van der Waals surface area contributed by atoms with E-state index < -0.39 is 29.2 Å². The van der Waals surface area contributed by atoms with Gasteiger partial charge in [-0.05, 0) is 30.2 Å². The molecule has 0 spiro atoms. The van der Waals surface area contributed by atoms with Gasteiger partial charge in [0, 0.05) is 49.5 Å². The third-order valence-electron chi connectivity index (χ3n) is 11.7. The summed E-state index contributed by atoms with van der Waals surface area (Å²) in [7, 11) is 1.49. The van der Waals surface area contributed by atoms with Crippen LogP contribution >= 0.6 is 0 Å². The largest absolute Gasteiger partial charge is 0.494 e. The van der Waals surface area contributed by atoms with Gasteiger partial charge in [0.05, 0.1) is 72.2 Å². The van der Waals surface area contributed by atoms with Crippen LogP contribution in [0, 0.1) is 12.7 Å². The number of ether oxygens (including phenoxy) is 1. The quantitative estimate of drug-likeness (QED) is 0.136. The molecule has 0 aliphatic carbocycles. The van der Waals surface area contributed by atoms with E-state index >= 15 is 0 Å². The molecule has 0 radical (unpaired) electrons. The zero-order chi connectivity index (χ0) is 44.8. The van der Waals surface area contributed by atoms with E-state index in [0.717, 1.165) is 34.2 Å². The number of ketones is 2. The van der Waals surface area contributed by atoms with Crippen molar-refractivity contribution in [1.29, 1.82) is 0 Å². The Kier molecular flexibility index (Phi) is 10.4. The minimum absolute atomic E-state index is 0.0574. The van der Waals surface area contributed by atoms with Crippen LogP contribution in [0.25, 0.3) is 50.1 Å². The fourth-order valence-corrected chi connectivity index (χ4v) is 8.44. The molecular weight excluding hydrogens is 832 g/mol. The van der Waals surface area contributed by atoms with Gasteiger partial charge in [-0.25, -0.2) is 29.0 Å². The van der Waals surface area contributed by atoms with Crippen molar-refractivity contribution in [1.82, 2.24) is 58.6 Å². The molecule has 0 atom stereocenters. The third-order valence-corrected chi connectivity index (χ3v) is 11.7. The number of benzene rings is 3. The van der Waals surface area contributed by atoms with Gasteiger partial charge in [0.25, 0.3) is 23.4 Å². The first-order valence-electron chi connectivity index (χ1n) is 20.7. The smallest absolute Gasteiger partial charge is 0.295 e. The van der Waals surface area contributed by atoms with E-state index in [1.807, 2.05) is 66.9 Å². The lowest BCUT2D eigenvalue weighted by Crippen LogP contribution is -2.42. The molecule has 2 aliphatic heterocycles. The summed E-state index contributed by atoms with van der Waals surface area (Å²) in [5.74, 6) is -0.241. The standard InChI is InChI=1S/C25H22N8O3.C22H17FN4O2/c1-15-29-14-33(30-15)24-22-21(19(36-2)12-28-24)17(10-27-22)23(34)25(35)31-8-9-32-18(11-26-20(32)13-31)16-6-4-3-5-7-16;23-16-7-4-8-17-20(16)15(11-24-17)21(28)22(29)26-9-10-27-18(12-25-19(27)13-26)14-5-2-1-3-6-14/h3-7,10-12,14,27H,8-9,13H2,1-2H3;1-8,11-12,24H,9-10,13H2. The first kappa shape index (κ1) is 40.5.